The van der Waals surface area contributed by atoms with Gasteiger partial charge >= 0.3 is 0 Å². The summed E-state index contributed by atoms with van der Waals surface area (Å²) in [6.45, 7) is 6.01. The Bertz CT molecular complexity index is 367. The average Bonchev–Trinajstić information content (AvgIpc) is 2.84. The molecule has 1 aliphatic rings. The van der Waals surface area contributed by atoms with Gasteiger partial charge in [-0.1, -0.05) is 18.3 Å². The van der Waals surface area contributed by atoms with Gasteiger partial charge < -0.3 is 4.90 Å². The molecule has 0 aliphatic carbocycles. The number of carbonyl (C=O) groups excluding carboxylic acids is 1. The van der Waals surface area contributed by atoms with Crippen molar-refractivity contribution in [3.63, 3.8) is 0 Å². The van der Waals surface area contributed by atoms with Crippen LogP contribution in [0, 0.1) is 6.92 Å². The molecule has 4 heteroatoms. The van der Waals surface area contributed by atoms with Gasteiger partial charge in [0.25, 0.3) is 0 Å². The minimum atomic E-state index is 0.218. The third kappa shape index (κ3) is 2.04. The number of aryl methyl sites for hydroxylation is 1. The highest BCUT2D eigenvalue weighted by Crippen LogP contribution is 2.29. The van der Waals surface area contributed by atoms with Gasteiger partial charge in [0, 0.05) is 19.5 Å². The molecule has 1 aromatic rings. The van der Waals surface area contributed by atoms with Gasteiger partial charge in [0.1, 0.15) is 0 Å². The molecule has 0 amide bonds. The maximum absolute atomic E-state index is 11.6. The molecule has 3 nitrogen and oxygen atoms in total. The van der Waals surface area contributed by atoms with E-state index in [0.29, 0.717) is 6.42 Å². The fourth-order valence-electron chi connectivity index (χ4n) is 1.85. The third-order valence-corrected chi connectivity index (χ3v) is 4.00. The van der Waals surface area contributed by atoms with Gasteiger partial charge in [0.15, 0.2) is 10.9 Å². The number of ketones is 1. The predicted molar refractivity (Wildman–Crippen MR) is 62.9 cm³/mol. The molecule has 2 heterocycles. The number of aromatic nitrogens is 1. The van der Waals surface area contributed by atoms with Crippen LogP contribution >= 0.6 is 11.3 Å². The Kier molecular flexibility index (Phi) is 3.05. The van der Waals surface area contributed by atoms with Crippen LogP contribution in [-0.2, 0) is 0 Å². The van der Waals surface area contributed by atoms with Crippen molar-refractivity contribution in [1.82, 2.24) is 4.98 Å². The Morgan fingerprint density at radius 1 is 1.47 bits per heavy atom. The number of anilines is 1. The minimum absolute atomic E-state index is 0.218. The first-order valence-corrected chi connectivity index (χ1v) is 6.29. The van der Waals surface area contributed by atoms with Gasteiger partial charge in [-0.3, -0.25) is 4.79 Å². The zero-order valence-electron chi connectivity index (χ0n) is 9.25. The lowest BCUT2D eigenvalue weighted by Gasteiger charge is -2.11. The van der Waals surface area contributed by atoms with Gasteiger partial charge in [-0.25, -0.2) is 4.98 Å². The monoisotopic (exact) mass is 224 g/mol. The summed E-state index contributed by atoms with van der Waals surface area (Å²) in [6.07, 6.45) is 3.06. The van der Waals surface area contributed by atoms with E-state index in [1.165, 1.54) is 12.8 Å². The number of carbonyl (C=O) groups is 1. The molecule has 0 aromatic carbocycles. The summed E-state index contributed by atoms with van der Waals surface area (Å²) in [6, 6.07) is 0. The van der Waals surface area contributed by atoms with E-state index < -0.39 is 0 Å². The van der Waals surface area contributed by atoms with Crippen molar-refractivity contribution in [2.24, 2.45) is 0 Å². The molecule has 2 rings (SSSR count). The maximum Gasteiger partial charge on any atom is 0.186 e. The van der Waals surface area contributed by atoms with Gasteiger partial charge in [0.2, 0.25) is 0 Å². The highest BCUT2D eigenvalue weighted by Gasteiger charge is 2.19. The molecule has 1 aromatic heterocycles. The molecule has 0 bridgehead atoms. The van der Waals surface area contributed by atoms with Crippen LogP contribution in [0.4, 0.5) is 5.13 Å². The van der Waals surface area contributed by atoms with Crippen LogP contribution in [0.5, 0.6) is 0 Å². The van der Waals surface area contributed by atoms with Crippen LogP contribution < -0.4 is 4.90 Å². The summed E-state index contributed by atoms with van der Waals surface area (Å²) in [7, 11) is 0. The Hall–Kier alpha value is -0.900. The van der Waals surface area contributed by atoms with Crippen molar-refractivity contribution in [1.29, 1.82) is 0 Å². The average molecular weight is 224 g/mol. The molecule has 1 aliphatic heterocycles. The van der Waals surface area contributed by atoms with Crippen molar-refractivity contribution in [3.05, 3.63) is 10.6 Å². The van der Waals surface area contributed by atoms with Crippen LogP contribution in [0.25, 0.3) is 0 Å². The quantitative estimate of drug-likeness (QED) is 0.740. The normalized spacial score (nSPS) is 16.0. The van der Waals surface area contributed by atoms with E-state index in [0.717, 1.165) is 28.8 Å². The van der Waals surface area contributed by atoms with Crippen LogP contribution in [0.3, 0.4) is 0 Å². The predicted octanol–water partition coefficient (Wildman–Crippen LogP) is 2.64. The van der Waals surface area contributed by atoms with Crippen molar-refractivity contribution in [2.45, 2.75) is 33.1 Å². The minimum Gasteiger partial charge on any atom is -0.348 e. The fourth-order valence-corrected chi connectivity index (χ4v) is 2.97. The molecular formula is C11H16N2OS. The number of rotatable bonds is 3. The molecule has 0 spiro atoms. The molecule has 0 N–H and O–H groups in total. The Balaban J connectivity index is 2.23. The molecule has 1 fully saturated rings. The molecule has 15 heavy (non-hydrogen) atoms. The zero-order valence-corrected chi connectivity index (χ0v) is 10.1. The van der Waals surface area contributed by atoms with Crippen molar-refractivity contribution in [2.75, 3.05) is 18.0 Å². The first-order chi connectivity index (χ1) is 7.22. The summed E-state index contributed by atoms with van der Waals surface area (Å²) in [5.74, 6) is 0.218. The zero-order chi connectivity index (χ0) is 10.8. The summed E-state index contributed by atoms with van der Waals surface area (Å²) in [5, 5.41) is 1.03. The van der Waals surface area contributed by atoms with E-state index in [9.17, 15) is 4.79 Å². The van der Waals surface area contributed by atoms with Gasteiger partial charge in [-0.15, -0.1) is 0 Å². The first kappa shape index (κ1) is 10.6. The smallest absolute Gasteiger partial charge is 0.186 e. The molecule has 0 saturated carbocycles. The Morgan fingerprint density at radius 2 is 2.13 bits per heavy atom. The SMILES string of the molecule is CCC(=O)c1sc(N2CCCC2)nc1C. The van der Waals surface area contributed by atoms with Crippen LogP contribution in [0.2, 0.25) is 0 Å². The summed E-state index contributed by atoms with van der Waals surface area (Å²) >= 11 is 1.55. The van der Waals surface area contributed by atoms with Gasteiger partial charge in [-0.2, -0.15) is 0 Å². The number of thiazole rings is 1. The van der Waals surface area contributed by atoms with E-state index in [1.807, 2.05) is 13.8 Å². The highest BCUT2D eigenvalue weighted by atomic mass is 32.1. The molecule has 1 saturated heterocycles. The van der Waals surface area contributed by atoms with Crippen LogP contribution in [-0.4, -0.2) is 23.9 Å². The number of hydrogen-bond acceptors (Lipinski definition) is 4. The standard InChI is InChI=1S/C11H16N2OS/c1-3-9(14)10-8(2)12-11(15-10)13-6-4-5-7-13/h3-7H2,1-2H3. The van der Waals surface area contributed by atoms with E-state index in [2.05, 4.69) is 9.88 Å². The van der Waals surface area contributed by atoms with Crippen LogP contribution in [0.15, 0.2) is 0 Å². The molecule has 82 valence electrons. The second-order valence-electron chi connectivity index (χ2n) is 3.88. The number of Topliss-reactive ketones (excluding diaryl/α,β-unsaturated/α-hetero) is 1. The topological polar surface area (TPSA) is 33.2 Å². The van der Waals surface area contributed by atoms with Gasteiger partial charge in [0.05, 0.1) is 10.6 Å². The van der Waals surface area contributed by atoms with Crippen LogP contribution in [0.1, 0.15) is 41.6 Å². The van der Waals surface area contributed by atoms with Crippen molar-refractivity contribution < 1.29 is 4.79 Å². The summed E-state index contributed by atoms with van der Waals surface area (Å²) in [5.41, 5.74) is 0.897. The highest BCUT2D eigenvalue weighted by molar-refractivity contribution is 7.17. The molecule has 0 unspecified atom stereocenters. The number of nitrogens with zero attached hydrogens (tertiary/aromatic N) is 2. The third-order valence-electron chi connectivity index (χ3n) is 2.74. The lowest BCUT2D eigenvalue weighted by Crippen LogP contribution is -2.17. The van der Waals surface area contributed by atoms with E-state index in [1.54, 1.807) is 11.3 Å². The largest absolute Gasteiger partial charge is 0.348 e. The summed E-state index contributed by atoms with van der Waals surface area (Å²) < 4.78 is 0. The fraction of sp³-hybridized carbons (Fsp3) is 0.636. The first-order valence-electron chi connectivity index (χ1n) is 5.48. The number of hydrogen-bond donors (Lipinski definition) is 0. The molecular weight excluding hydrogens is 208 g/mol. The van der Waals surface area contributed by atoms with E-state index in [4.69, 9.17) is 0 Å². The maximum atomic E-state index is 11.6. The lowest BCUT2D eigenvalue weighted by molar-refractivity contribution is 0.0991. The Labute approximate surface area is 94.1 Å². The van der Waals surface area contributed by atoms with E-state index >= 15 is 0 Å². The second-order valence-corrected chi connectivity index (χ2v) is 4.86. The Morgan fingerprint density at radius 3 is 2.73 bits per heavy atom. The summed E-state index contributed by atoms with van der Waals surface area (Å²) in [4.78, 5) is 19.2. The second kappa shape index (κ2) is 4.31. The van der Waals surface area contributed by atoms with Gasteiger partial charge in [-0.05, 0) is 19.8 Å². The van der Waals surface area contributed by atoms with Crippen molar-refractivity contribution >= 4 is 22.3 Å². The molecule has 0 atom stereocenters. The van der Waals surface area contributed by atoms with Crippen molar-refractivity contribution in [3.8, 4) is 0 Å². The lowest BCUT2D eigenvalue weighted by atomic mass is 10.2. The molecule has 0 radical (unpaired) electrons. The van der Waals surface area contributed by atoms with E-state index in [-0.39, 0.29) is 5.78 Å².